The number of aryl methyl sites for hydroxylation is 1. The van der Waals surface area contributed by atoms with Gasteiger partial charge in [-0.1, -0.05) is 29.8 Å². The van der Waals surface area contributed by atoms with Crippen LogP contribution in [0.15, 0.2) is 40.9 Å². The summed E-state index contributed by atoms with van der Waals surface area (Å²) in [6.45, 7) is 6.94. The molecule has 0 fully saturated rings. The number of ether oxygens (including phenoxy) is 2. The molecule has 0 amide bonds. The van der Waals surface area contributed by atoms with E-state index >= 15 is 0 Å². The van der Waals surface area contributed by atoms with E-state index in [1.165, 1.54) is 5.56 Å². The number of carboxylic acid groups (broad SMARTS) is 1. The van der Waals surface area contributed by atoms with Crippen LogP contribution in [0.1, 0.15) is 30.5 Å². The third-order valence-electron chi connectivity index (χ3n) is 3.82. The molecule has 2 aromatic carbocycles. The molecule has 0 spiro atoms. The monoisotopic (exact) mass is 421 g/mol. The van der Waals surface area contributed by atoms with Crippen molar-refractivity contribution in [3.8, 4) is 11.5 Å². The fourth-order valence-corrected chi connectivity index (χ4v) is 3.05. The molecule has 0 radical (unpaired) electrons. The molecular formula is C20H24BrNO4. The largest absolute Gasteiger partial charge is 0.490 e. The molecule has 2 rings (SSSR count). The molecule has 0 bridgehead atoms. The van der Waals surface area contributed by atoms with E-state index in [0.717, 1.165) is 15.6 Å². The summed E-state index contributed by atoms with van der Waals surface area (Å²) in [4.78, 5) is 10.9. The Labute approximate surface area is 162 Å². The van der Waals surface area contributed by atoms with Gasteiger partial charge in [-0.05, 0) is 60.0 Å². The standard InChI is InChI=1S/C20H24BrNO4/c1-4-25-18-10-16(11-22-14(3)20(23)24)9-17(21)19(18)26-12-15-7-5-6-13(2)8-15/h5-10,14,22H,4,11-12H2,1-3H3,(H,23,24). The van der Waals surface area contributed by atoms with Gasteiger partial charge in [-0.2, -0.15) is 0 Å². The van der Waals surface area contributed by atoms with Crippen molar-refractivity contribution in [3.05, 3.63) is 57.6 Å². The Morgan fingerprint density at radius 3 is 2.65 bits per heavy atom. The highest BCUT2D eigenvalue weighted by molar-refractivity contribution is 9.10. The molecule has 6 heteroatoms. The van der Waals surface area contributed by atoms with E-state index in [2.05, 4.69) is 27.3 Å². The molecule has 0 aliphatic rings. The second kappa shape index (κ2) is 9.59. The first-order valence-electron chi connectivity index (χ1n) is 8.50. The first-order valence-corrected chi connectivity index (χ1v) is 9.29. The lowest BCUT2D eigenvalue weighted by atomic mass is 10.1. The van der Waals surface area contributed by atoms with Gasteiger partial charge in [0.15, 0.2) is 11.5 Å². The second-order valence-corrected chi connectivity index (χ2v) is 6.91. The van der Waals surface area contributed by atoms with Gasteiger partial charge in [0, 0.05) is 6.54 Å². The minimum Gasteiger partial charge on any atom is -0.490 e. The lowest BCUT2D eigenvalue weighted by molar-refractivity contribution is -0.139. The molecule has 0 saturated heterocycles. The maximum absolute atomic E-state index is 10.9. The van der Waals surface area contributed by atoms with Crippen LogP contribution < -0.4 is 14.8 Å². The highest BCUT2D eigenvalue weighted by Crippen LogP contribution is 2.37. The van der Waals surface area contributed by atoms with Crippen LogP contribution in [0.2, 0.25) is 0 Å². The fraction of sp³-hybridized carbons (Fsp3) is 0.350. The van der Waals surface area contributed by atoms with Crippen LogP contribution in [0, 0.1) is 6.92 Å². The quantitative estimate of drug-likeness (QED) is 0.631. The maximum Gasteiger partial charge on any atom is 0.320 e. The van der Waals surface area contributed by atoms with E-state index in [9.17, 15) is 4.79 Å². The minimum absolute atomic E-state index is 0.421. The summed E-state index contributed by atoms with van der Waals surface area (Å²) in [5.74, 6) is 0.393. The van der Waals surface area contributed by atoms with Gasteiger partial charge in [-0.3, -0.25) is 4.79 Å². The number of hydrogen-bond acceptors (Lipinski definition) is 4. The van der Waals surface area contributed by atoms with Gasteiger partial charge in [0.1, 0.15) is 12.6 Å². The molecule has 0 aliphatic heterocycles. The van der Waals surface area contributed by atoms with Crippen LogP contribution in [0.5, 0.6) is 11.5 Å². The van der Waals surface area contributed by atoms with Gasteiger partial charge in [-0.15, -0.1) is 0 Å². The van der Waals surface area contributed by atoms with Gasteiger partial charge in [0.05, 0.1) is 11.1 Å². The Morgan fingerprint density at radius 2 is 2.00 bits per heavy atom. The molecule has 140 valence electrons. The Bertz CT molecular complexity index is 763. The summed E-state index contributed by atoms with van der Waals surface area (Å²) in [5, 5.41) is 11.9. The number of nitrogens with one attached hydrogen (secondary N) is 1. The van der Waals surface area contributed by atoms with E-state index in [1.807, 2.05) is 44.2 Å². The summed E-state index contributed by atoms with van der Waals surface area (Å²) in [5.41, 5.74) is 3.18. The molecule has 0 aromatic heterocycles. The number of halogens is 1. The number of aliphatic carboxylic acids is 1. The van der Waals surface area contributed by atoms with Crippen molar-refractivity contribution in [2.45, 2.75) is 40.0 Å². The van der Waals surface area contributed by atoms with Gasteiger partial charge in [0.2, 0.25) is 0 Å². The summed E-state index contributed by atoms with van der Waals surface area (Å²) in [6.07, 6.45) is 0. The van der Waals surface area contributed by atoms with Crippen LogP contribution in [0.4, 0.5) is 0 Å². The topological polar surface area (TPSA) is 67.8 Å². The summed E-state index contributed by atoms with van der Waals surface area (Å²) in [7, 11) is 0. The van der Waals surface area contributed by atoms with Crippen molar-refractivity contribution >= 4 is 21.9 Å². The van der Waals surface area contributed by atoms with Gasteiger partial charge >= 0.3 is 5.97 Å². The predicted octanol–water partition coefficient (Wildman–Crippen LogP) is 4.30. The molecule has 26 heavy (non-hydrogen) atoms. The van der Waals surface area contributed by atoms with Crippen molar-refractivity contribution in [2.24, 2.45) is 0 Å². The Kier molecular flexibility index (Phi) is 7.48. The first-order chi connectivity index (χ1) is 12.4. The summed E-state index contributed by atoms with van der Waals surface area (Å²) < 4.78 is 12.5. The average molecular weight is 422 g/mol. The molecule has 1 unspecified atom stereocenters. The SMILES string of the molecule is CCOc1cc(CNC(C)C(=O)O)cc(Br)c1OCc1cccc(C)c1. The van der Waals surface area contributed by atoms with E-state index in [-0.39, 0.29) is 0 Å². The van der Waals surface area contributed by atoms with Crippen molar-refractivity contribution in [1.29, 1.82) is 0 Å². The van der Waals surface area contributed by atoms with Gasteiger partial charge in [0.25, 0.3) is 0 Å². The minimum atomic E-state index is -0.882. The predicted molar refractivity (Wildman–Crippen MR) is 105 cm³/mol. The number of hydrogen-bond donors (Lipinski definition) is 2. The van der Waals surface area contributed by atoms with Gasteiger partial charge < -0.3 is 19.9 Å². The third-order valence-corrected chi connectivity index (χ3v) is 4.41. The van der Waals surface area contributed by atoms with E-state index in [0.29, 0.717) is 31.3 Å². The van der Waals surface area contributed by atoms with Crippen LogP contribution >= 0.6 is 15.9 Å². The summed E-state index contributed by atoms with van der Waals surface area (Å²) >= 11 is 3.54. The molecule has 1 atom stereocenters. The Balaban J connectivity index is 2.15. The number of rotatable bonds is 9. The zero-order chi connectivity index (χ0) is 19.1. The first kappa shape index (κ1) is 20.3. The molecule has 2 aromatic rings. The van der Waals surface area contributed by atoms with E-state index < -0.39 is 12.0 Å². The lowest BCUT2D eigenvalue weighted by Crippen LogP contribution is -2.33. The molecule has 0 saturated carbocycles. The van der Waals surface area contributed by atoms with Crippen molar-refractivity contribution < 1.29 is 19.4 Å². The zero-order valence-electron chi connectivity index (χ0n) is 15.2. The smallest absolute Gasteiger partial charge is 0.320 e. The van der Waals surface area contributed by atoms with Crippen molar-refractivity contribution in [3.63, 3.8) is 0 Å². The maximum atomic E-state index is 10.9. The molecule has 2 N–H and O–H groups in total. The number of carbonyl (C=O) groups is 1. The third kappa shape index (κ3) is 5.75. The molecule has 0 aliphatic carbocycles. The zero-order valence-corrected chi connectivity index (χ0v) is 16.8. The Hall–Kier alpha value is -2.05. The van der Waals surface area contributed by atoms with Crippen molar-refractivity contribution in [1.82, 2.24) is 5.32 Å². The van der Waals surface area contributed by atoms with Crippen LogP contribution in [0.25, 0.3) is 0 Å². The molecule has 5 nitrogen and oxygen atoms in total. The van der Waals surface area contributed by atoms with Crippen LogP contribution in [-0.4, -0.2) is 23.7 Å². The Morgan fingerprint density at radius 1 is 1.23 bits per heavy atom. The average Bonchev–Trinajstić information content (AvgIpc) is 2.59. The van der Waals surface area contributed by atoms with Crippen LogP contribution in [-0.2, 0) is 17.9 Å². The normalized spacial score (nSPS) is 11.8. The number of benzene rings is 2. The summed E-state index contributed by atoms with van der Waals surface area (Å²) in [6, 6.07) is 11.3. The molecular weight excluding hydrogens is 398 g/mol. The van der Waals surface area contributed by atoms with Crippen molar-refractivity contribution in [2.75, 3.05) is 6.61 Å². The van der Waals surface area contributed by atoms with Gasteiger partial charge in [-0.25, -0.2) is 0 Å². The fourth-order valence-electron chi connectivity index (χ4n) is 2.44. The van der Waals surface area contributed by atoms with E-state index in [1.54, 1.807) is 6.92 Å². The second-order valence-electron chi connectivity index (χ2n) is 6.06. The highest BCUT2D eigenvalue weighted by atomic mass is 79.9. The van der Waals surface area contributed by atoms with Crippen LogP contribution in [0.3, 0.4) is 0 Å². The van der Waals surface area contributed by atoms with E-state index in [4.69, 9.17) is 14.6 Å². The highest BCUT2D eigenvalue weighted by Gasteiger charge is 2.15. The molecule has 0 heterocycles. The lowest BCUT2D eigenvalue weighted by Gasteiger charge is -2.16. The number of carboxylic acids is 1.